The Labute approximate surface area is 193 Å². The third-order valence-corrected chi connectivity index (χ3v) is 6.73. The zero-order valence-electron chi connectivity index (χ0n) is 18.0. The van der Waals surface area contributed by atoms with E-state index in [9.17, 15) is 13.2 Å². The summed E-state index contributed by atoms with van der Waals surface area (Å²) in [6.45, 7) is 3.72. The van der Waals surface area contributed by atoms with Crippen molar-refractivity contribution in [1.82, 2.24) is 4.72 Å². The Kier molecular flexibility index (Phi) is 7.56. The van der Waals surface area contributed by atoms with Gasteiger partial charge in [0.2, 0.25) is 10.0 Å². The topological polar surface area (TPSA) is 81.7 Å². The number of hydrogen-bond donors (Lipinski definition) is 1. The van der Waals surface area contributed by atoms with Crippen molar-refractivity contribution >= 4 is 27.6 Å². The van der Waals surface area contributed by atoms with E-state index in [4.69, 9.17) is 21.1 Å². The maximum Gasteiger partial charge on any atom is 0.338 e. The van der Waals surface area contributed by atoms with E-state index in [0.717, 1.165) is 5.56 Å². The predicted octanol–water partition coefficient (Wildman–Crippen LogP) is 5.06. The Hall–Kier alpha value is -2.87. The standard InChI is InChI=1S/C24H24ClNO5S/c1-16-14-22(15-23(17(16)2)24(27)30-3)32(28,29)26-13-12-18-4-8-20(9-5-18)31-21-10-6-19(25)7-11-21/h4-11,14-15,26H,12-13H2,1-3H3. The number of carbonyl (C=O) groups excluding carboxylic acids is 1. The maximum atomic E-state index is 12.7. The molecule has 0 saturated carbocycles. The summed E-state index contributed by atoms with van der Waals surface area (Å²) in [6, 6.07) is 17.4. The molecule has 0 radical (unpaired) electrons. The highest BCUT2D eigenvalue weighted by Gasteiger charge is 2.20. The first-order valence-electron chi connectivity index (χ1n) is 9.91. The number of halogens is 1. The Balaban J connectivity index is 1.62. The lowest BCUT2D eigenvalue weighted by atomic mass is 10.0. The summed E-state index contributed by atoms with van der Waals surface area (Å²) in [5.41, 5.74) is 2.58. The molecular formula is C24H24ClNO5S. The molecule has 3 rings (SSSR count). The van der Waals surface area contributed by atoms with E-state index in [1.54, 1.807) is 44.2 Å². The van der Waals surface area contributed by atoms with Crippen LogP contribution in [0.3, 0.4) is 0 Å². The van der Waals surface area contributed by atoms with Gasteiger partial charge in [0.25, 0.3) is 0 Å². The smallest absolute Gasteiger partial charge is 0.338 e. The van der Waals surface area contributed by atoms with Gasteiger partial charge in [-0.2, -0.15) is 0 Å². The molecule has 0 amide bonds. The van der Waals surface area contributed by atoms with Crippen LogP contribution < -0.4 is 9.46 Å². The fraction of sp³-hybridized carbons (Fsp3) is 0.208. The lowest BCUT2D eigenvalue weighted by Gasteiger charge is -2.12. The van der Waals surface area contributed by atoms with E-state index in [2.05, 4.69) is 4.72 Å². The number of hydrogen-bond acceptors (Lipinski definition) is 5. The van der Waals surface area contributed by atoms with E-state index in [0.29, 0.717) is 34.1 Å². The van der Waals surface area contributed by atoms with Crippen LogP contribution in [-0.2, 0) is 21.2 Å². The van der Waals surface area contributed by atoms with Gasteiger partial charge in [0.1, 0.15) is 11.5 Å². The van der Waals surface area contributed by atoms with Crippen LogP contribution in [-0.4, -0.2) is 28.0 Å². The van der Waals surface area contributed by atoms with Crippen molar-refractivity contribution < 1.29 is 22.7 Å². The third kappa shape index (κ3) is 5.88. The van der Waals surface area contributed by atoms with Crippen molar-refractivity contribution in [3.05, 3.63) is 87.9 Å². The van der Waals surface area contributed by atoms with Gasteiger partial charge in [-0.1, -0.05) is 23.7 Å². The molecular weight excluding hydrogens is 450 g/mol. The van der Waals surface area contributed by atoms with Crippen LogP contribution in [0.25, 0.3) is 0 Å². The highest BCUT2D eigenvalue weighted by molar-refractivity contribution is 7.89. The van der Waals surface area contributed by atoms with E-state index >= 15 is 0 Å². The number of esters is 1. The second-order valence-electron chi connectivity index (χ2n) is 7.25. The van der Waals surface area contributed by atoms with Crippen molar-refractivity contribution in [3.63, 3.8) is 0 Å². The van der Waals surface area contributed by atoms with E-state index in [1.165, 1.54) is 13.2 Å². The first-order chi connectivity index (χ1) is 15.2. The molecule has 0 saturated heterocycles. The van der Waals surface area contributed by atoms with Crippen molar-refractivity contribution in [2.45, 2.75) is 25.2 Å². The molecule has 3 aromatic rings. The largest absolute Gasteiger partial charge is 0.465 e. The van der Waals surface area contributed by atoms with Crippen LogP contribution in [0.5, 0.6) is 11.5 Å². The molecule has 32 heavy (non-hydrogen) atoms. The highest BCUT2D eigenvalue weighted by atomic mass is 35.5. The van der Waals surface area contributed by atoms with E-state index in [1.807, 2.05) is 24.3 Å². The Morgan fingerprint density at radius 2 is 1.56 bits per heavy atom. The molecule has 0 fully saturated rings. The molecule has 8 heteroatoms. The molecule has 0 atom stereocenters. The van der Waals surface area contributed by atoms with Gasteiger partial charge in [0.05, 0.1) is 17.6 Å². The zero-order chi connectivity index (χ0) is 23.3. The first kappa shape index (κ1) is 23.8. The maximum absolute atomic E-state index is 12.7. The molecule has 0 aliphatic heterocycles. The van der Waals surface area contributed by atoms with Crippen LogP contribution in [0, 0.1) is 13.8 Å². The molecule has 0 aliphatic rings. The summed E-state index contributed by atoms with van der Waals surface area (Å²) in [5.74, 6) is 0.778. The second kappa shape index (κ2) is 10.2. The van der Waals surface area contributed by atoms with Crippen molar-refractivity contribution in [3.8, 4) is 11.5 Å². The summed E-state index contributed by atoms with van der Waals surface area (Å²) in [5, 5.41) is 0.637. The highest BCUT2D eigenvalue weighted by Crippen LogP contribution is 2.24. The number of ether oxygens (including phenoxy) is 2. The molecule has 3 aromatic carbocycles. The van der Waals surface area contributed by atoms with Gasteiger partial charge in [0.15, 0.2) is 0 Å². The first-order valence-corrected chi connectivity index (χ1v) is 11.8. The molecule has 1 N–H and O–H groups in total. The Morgan fingerprint density at radius 1 is 0.969 bits per heavy atom. The molecule has 168 valence electrons. The van der Waals surface area contributed by atoms with Crippen molar-refractivity contribution in [1.29, 1.82) is 0 Å². The van der Waals surface area contributed by atoms with Gasteiger partial charge in [-0.3, -0.25) is 0 Å². The van der Waals surface area contributed by atoms with Crippen LogP contribution in [0.4, 0.5) is 0 Å². The molecule has 0 aliphatic carbocycles. The number of benzene rings is 3. The number of aryl methyl sites for hydroxylation is 1. The fourth-order valence-corrected chi connectivity index (χ4v) is 4.35. The molecule has 0 bridgehead atoms. The molecule has 6 nitrogen and oxygen atoms in total. The van der Waals surface area contributed by atoms with Crippen LogP contribution in [0.15, 0.2) is 65.6 Å². The summed E-state index contributed by atoms with van der Waals surface area (Å²) >= 11 is 5.87. The quantitative estimate of drug-likeness (QED) is 0.462. The number of nitrogens with one attached hydrogen (secondary N) is 1. The minimum Gasteiger partial charge on any atom is -0.465 e. The predicted molar refractivity (Wildman–Crippen MR) is 124 cm³/mol. The molecule has 0 unspecified atom stereocenters. The van der Waals surface area contributed by atoms with Crippen molar-refractivity contribution in [2.24, 2.45) is 0 Å². The third-order valence-electron chi connectivity index (χ3n) is 5.03. The summed E-state index contributed by atoms with van der Waals surface area (Å²) in [4.78, 5) is 12.0. The molecule has 0 heterocycles. The van der Waals surface area contributed by atoms with Gasteiger partial charge in [-0.15, -0.1) is 0 Å². The fourth-order valence-electron chi connectivity index (χ4n) is 3.08. The minimum absolute atomic E-state index is 0.0349. The second-order valence-corrected chi connectivity index (χ2v) is 9.46. The van der Waals surface area contributed by atoms with Gasteiger partial charge in [0, 0.05) is 11.6 Å². The Bertz CT molecular complexity index is 1210. The summed E-state index contributed by atoms with van der Waals surface area (Å²) in [7, 11) is -2.51. The van der Waals surface area contributed by atoms with E-state index < -0.39 is 16.0 Å². The number of rotatable bonds is 8. The van der Waals surface area contributed by atoms with Gasteiger partial charge < -0.3 is 9.47 Å². The molecule has 0 spiro atoms. The SMILES string of the molecule is COC(=O)c1cc(S(=O)(=O)NCCc2ccc(Oc3ccc(Cl)cc3)cc2)cc(C)c1C. The number of methoxy groups -OCH3 is 1. The van der Waals surface area contributed by atoms with Crippen molar-refractivity contribution in [2.75, 3.05) is 13.7 Å². The number of sulfonamides is 1. The van der Waals surface area contributed by atoms with Crippen LogP contribution >= 0.6 is 11.6 Å². The summed E-state index contributed by atoms with van der Waals surface area (Å²) in [6.07, 6.45) is 0.495. The normalized spacial score (nSPS) is 11.2. The molecule has 0 aromatic heterocycles. The van der Waals surface area contributed by atoms with Crippen LogP contribution in [0.1, 0.15) is 27.0 Å². The average Bonchev–Trinajstić information content (AvgIpc) is 2.77. The van der Waals surface area contributed by atoms with Gasteiger partial charge >= 0.3 is 5.97 Å². The lowest BCUT2D eigenvalue weighted by molar-refractivity contribution is 0.0599. The lowest BCUT2D eigenvalue weighted by Crippen LogP contribution is -2.26. The minimum atomic E-state index is -3.78. The zero-order valence-corrected chi connectivity index (χ0v) is 19.6. The van der Waals surface area contributed by atoms with Gasteiger partial charge in [-0.25, -0.2) is 17.9 Å². The monoisotopic (exact) mass is 473 g/mol. The van der Waals surface area contributed by atoms with Crippen LogP contribution in [0.2, 0.25) is 5.02 Å². The number of carbonyl (C=O) groups is 1. The van der Waals surface area contributed by atoms with Gasteiger partial charge in [-0.05, 0) is 85.5 Å². The Morgan fingerprint density at radius 3 is 2.16 bits per heavy atom. The summed E-state index contributed by atoms with van der Waals surface area (Å²) < 4.78 is 38.6. The average molecular weight is 474 g/mol. The van der Waals surface area contributed by atoms with E-state index in [-0.39, 0.29) is 17.0 Å².